The Hall–Kier alpha value is -1.79. The van der Waals surface area contributed by atoms with E-state index in [9.17, 15) is 9.90 Å². The minimum absolute atomic E-state index is 0.126. The molecule has 1 aliphatic carbocycles. The number of carbonyl (C=O) groups is 1. The quantitative estimate of drug-likeness (QED) is 0.845. The second-order valence-electron chi connectivity index (χ2n) is 6.73. The minimum atomic E-state index is -0.198. The number of amides is 1. The number of carbonyl (C=O) groups excluding carboxylic acids is 1. The van der Waals surface area contributed by atoms with Crippen LogP contribution in [0.5, 0.6) is 11.5 Å². The Bertz CT molecular complexity index is 572. The number of aliphatic hydroxyl groups is 1. The zero-order valence-electron chi connectivity index (χ0n) is 14.9. The lowest BCUT2D eigenvalue weighted by molar-refractivity contribution is -0.134. The number of ether oxygens (including phenoxy) is 2. The highest BCUT2D eigenvalue weighted by atomic mass is 16.5. The van der Waals surface area contributed by atoms with E-state index in [-0.39, 0.29) is 18.1 Å². The fraction of sp³-hybridized carbons (Fsp3) is 0.632. The number of aliphatic hydroxyl groups excluding tert-OH is 1. The fourth-order valence-electron chi connectivity index (χ4n) is 3.79. The molecular formula is C19H28N2O4. The number of para-hydroxylation sites is 2. The second kappa shape index (κ2) is 8.54. The molecule has 1 saturated carbocycles. The average molecular weight is 348 g/mol. The summed E-state index contributed by atoms with van der Waals surface area (Å²) in [6, 6.07) is 7.74. The van der Waals surface area contributed by atoms with E-state index < -0.39 is 0 Å². The van der Waals surface area contributed by atoms with Gasteiger partial charge >= 0.3 is 0 Å². The van der Waals surface area contributed by atoms with Crippen molar-refractivity contribution in [3.05, 3.63) is 24.3 Å². The predicted octanol–water partition coefficient (Wildman–Crippen LogP) is 1.52. The highest BCUT2D eigenvalue weighted by molar-refractivity contribution is 5.76. The van der Waals surface area contributed by atoms with Gasteiger partial charge in [0, 0.05) is 32.2 Å². The maximum absolute atomic E-state index is 12.4. The van der Waals surface area contributed by atoms with Gasteiger partial charge in [-0.25, -0.2) is 0 Å². The fourth-order valence-corrected chi connectivity index (χ4v) is 3.79. The number of nitrogens with zero attached hydrogens (tertiary/aromatic N) is 2. The molecule has 25 heavy (non-hydrogen) atoms. The van der Waals surface area contributed by atoms with E-state index in [4.69, 9.17) is 9.47 Å². The summed E-state index contributed by atoms with van der Waals surface area (Å²) in [7, 11) is 1.61. The van der Waals surface area contributed by atoms with Crippen molar-refractivity contribution in [1.29, 1.82) is 0 Å². The Morgan fingerprint density at radius 3 is 2.52 bits per heavy atom. The van der Waals surface area contributed by atoms with E-state index in [1.54, 1.807) is 7.11 Å². The van der Waals surface area contributed by atoms with Gasteiger partial charge in [0.2, 0.25) is 5.91 Å². The number of methoxy groups -OCH3 is 1. The van der Waals surface area contributed by atoms with Crippen LogP contribution in [0.3, 0.4) is 0 Å². The summed E-state index contributed by atoms with van der Waals surface area (Å²) in [6.45, 7) is 3.51. The van der Waals surface area contributed by atoms with Gasteiger partial charge in [-0.15, -0.1) is 0 Å². The summed E-state index contributed by atoms with van der Waals surface area (Å²) in [4.78, 5) is 16.6. The van der Waals surface area contributed by atoms with Crippen molar-refractivity contribution in [2.24, 2.45) is 0 Å². The van der Waals surface area contributed by atoms with E-state index >= 15 is 0 Å². The molecule has 1 aromatic carbocycles. The van der Waals surface area contributed by atoms with Gasteiger partial charge in [-0.1, -0.05) is 12.1 Å². The summed E-state index contributed by atoms with van der Waals surface area (Å²) in [5.74, 6) is 1.47. The first-order valence-corrected chi connectivity index (χ1v) is 9.14. The third kappa shape index (κ3) is 4.44. The van der Waals surface area contributed by atoms with Crippen molar-refractivity contribution >= 4 is 5.91 Å². The predicted molar refractivity (Wildman–Crippen MR) is 94.9 cm³/mol. The van der Waals surface area contributed by atoms with Crippen LogP contribution in [0, 0.1) is 0 Å². The third-order valence-corrected chi connectivity index (χ3v) is 5.22. The van der Waals surface area contributed by atoms with Gasteiger partial charge in [-0.05, 0) is 31.4 Å². The summed E-state index contributed by atoms with van der Waals surface area (Å²) >= 11 is 0. The van der Waals surface area contributed by atoms with Crippen LogP contribution in [0.25, 0.3) is 0 Å². The van der Waals surface area contributed by atoms with Gasteiger partial charge in [0.05, 0.1) is 26.2 Å². The van der Waals surface area contributed by atoms with Crippen LogP contribution >= 0.6 is 0 Å². The first kappa shape index (κ1) is 18.0. The molecule has 1 heterocycles. The molecule has 2 fully saturated rings. The molecule has 1 N–H and O–H groups in total. The second-order valence-corrected chi connectivity index (χ2v) is 6.73. The van der Waals surface area contributed by atoms with Crippen LogP contribution in [0.15, 0.2) is 24.3 Å². The number of benzene rings is 1. The Kier molecular flexibility index (Phi) is 6.15. The van der Waals surface area contributed by atoms with Crippen LogP contribution < -0.4 is 9.47 Å². The van der Waals surface area contributed by atoms with Crippen LogP contribution in [-0.2, 0) is 4.79 Å². The molecule has 2 atom stereocenters. The molecule has 0 bridgehead atoms. The summed E-state index contributed by atoms with van der Waals surface area (Å²) in [5, 5.41) is 10.0. The summed E-state index contributed by atoms with van der Waals surface area (Å²) in [5.41, 5.74) is 0. The van der Waals surface area contributed by atoms with Gasteiger partial charge in [-0.3, -0.25) is 9.69 Å². The first-order valence-electron chi connectivity index (χ1n) is 9.14. The molecule has 138 valence electrons. The summed E-state index contributed by atoms with van der Waals surface area (Å²) < 4.78 is 10.9. The monoisotopic (exact) mass is 348 g/mol. The van der Waals surface area contributed by atoms with Crippen LogP contribution in [0.4, 0.5) is 0 Å². The molecule has 1 saturated heterocycles. The van der Waals surface area contributed by atoms with Crippen molar-refractivity contribution < 1.29 is 19.4 Å². The van der Waals surface area contributed by atoms with Crippen LogP contribution in [0.2, 0.25) is 0 Å². The van der Waals surface area contributed by atoms with Crippen molar-refractivity contribution in [3.63, 3.8) is 0 Å². The van der Waals surface area contributed by atoms with E-state index in [1.807, 2.05) is 29.2 Å². The molecule has 1 aliphatic heterocycles. The number of hydrogen-bond acceptors (Lipinski definition) is 5. The lowest BCUT2D eigenvalue weighted by Gasteiger charge is -2.39. The van der Waals surface area contributed by atoms with Crippen molar-refractivity contribution in [1.82, 2.24) is 9.80 Å². The molecule has 1 amide bonds. The smallest absolute Gasteiger partial charge is 0.226 e. The lowest BCUT2D eigenvalue weighted by Crippen LogP contribution is -2.53. The molecule has 0 radical (unpaired) electrons. The van der Waals surface area contributed by atoms with E-state index in [2.05, 4.69) is 4.90 Å². The lowest BCUT2D eigenvalue weighted by atomic mass is 10.1. The van der Waals surface area contributed by atoms with E-state index in [1.165, 1.54) is 0 Å². The molecule has 0 aromatic heterocycles. The SMILES string of the molecule is COc1ccccc1OCCC(=O)N1CCN([C@@H]2CCC[C@@H]2O)CC1. The molecule has 0 unspecified atom stereocenters. The van der Waals surface area contributed by atoms with E-state index in [0.717, 1.165) is 45.4 Å². The van der Waals surface area contributed by atoms with Gasteiger partial charge in [-0.2, -0.15) is 0 Å². The standard InChI is InChI=1S/C19H28N2O4/c1-24-17-7-2-3-8-18(17)25-14-9-19(23)21-12-10-20(11-13-21)15-5-4-6-16(15)22/h2-3,7-8,15-16,22H,4-6,9-14H2,1H3/t15-,16+/m1/s1. The maximum Gasteiger partial charge on any atom is 0.226 e. The van der Waals surface area contributed by atoms with Gasteiger partial charge < -0.3 is 19.5 Å². The minimum Gasteiger partial charge on any atom is -0.493 e. The molecular weight excluding hydrogens is 320 g/mol. The molecule has 0 spiro atoms. The molecule has 6 nitrogen and oxygen atoms in total. The Balaban J connectivity index is 1.41. The third-order valence-electron chi connectivity index (χ3n) is 5.22. The number of hydrogen-bond donors (Lipinski definition) is 1. The van der Waals surface area contributed by atoms with Crippen molar-refractivity contribution in [2.45, 2.75) is 37.8 Å². The topological polar surface area (TPSA) is 62.2 Å². The molecule has 1 aromatic rings. The highest BCUT2D eigenvalue weighted by Gasteiger charge is 2.33. The van der Waals surface area contributed by atoms with E-state index in [0.29, 0.717) is 24.5 Å². The van der Waals surface area contributed by atoms with Crippen molar-refractivity contribution in [3.8, 4) is 11.5 Å². The van der Waals surface area contributed by atoms with Crippen LogP contribution in [-0.4, -0.2) is 72.9 Å². The van der Waals surface area contributed by atoms with Gasteiger partial charge in [0.1, 0.15) is 0 Å². The highest BCUT2D eigenvalue weighted by Crippen LogP contribution is 2.26. The van der Waals surface area contributed by atoms with Crippen molar-refractivity contribution in [2.75, 3.05) is 39.9 Å². The normalized spacial score (nSPS) is 24.3. The first-order chi connectivity index (χ1) is 12.2. The molecule has 3 rings (SSSR count). The Morgan fingerprint density at radius 1 is 1.16 bits per heavy atom. The number of rotatable bonds is 6. The molecule has 6 heteroatoms. The Labute approximate surface area is 149 Å². The number of piperazine rings is 1. The average Bonchev–Trinajstić information content (AvgIpc) is 3.08. The maximum atomic E-state index is 12.4. The van der Waals surface area contributed by atoms with Crippen LogP contribution in [0.1, 0.15) is 25.7 Å². The molecule has 2 aliphatic rings. The zero-order valence-corrected chi connectivity index (χ0v) is 14.9. The summed E-state index contributed by atoms with van der Waals surface area (Å²) in [6.07, 6.45) is 3.25. The van der Waals surface area contributed by atoms with Gasteiger partial charge in [0.25, 0.3) is 0 Å². The Morgan fingerprint density at radius 2 is 1.88 bits per heavy atom. The largest absolute Gasteiger partial charge is 0.493 e. The zero-order chi connectivity index (χ0) is 17.6. The van der Waals surface area contributed by atoms with Gasteiger partial charge in [0.15, 0.2) is 11.5 Å².